The average molecular weight is 300 g/mol. The molecule has 0 aliphatic heterocycles. The van der Waals surface area contributed by atoms with Crippen LogP contribution >= 0.6 is 7.60 Å². The van der Waals surface area contributed by atoms with Gasteiger partial charge in [0, 0.05) is 12.6 Å². The van der Waals surface area contributed by atoms with Gasteiger partial charge >= 0.3 is 7.60 Å². The Balaban J connectivity index is 2.46. The first kappa shape index (κ1) is 16.9. The first-order chi connectivity index (χ1) is 9.49. The Labute approximate surface area is 119 Å². The van der Waals surface area contributed by atoms with E-state index in [1.807, 2.05) is 12.1 Å². The molecule has 0 fully saturated rings. The van der Waals surface area contributed by atoms with Gasteiger partial charge in [0.1, 0.15) is 11.5 Å². The molecule has 5 nitrogen and oxygen atoms in total. The summed E-state index contributed by atoms with van der Waals surface area (Å²) in [5.41, 5.74) is 0.930. The molecule has 0 aliphatic carbocycles. The van der Waals surface area contributed by atoms with E-state index in [0.717, 1.165) is 5.56 Å². The maximum absolute atomic E-state index is 12.0. The van der Waals surface area contributed by atoms with Crippen molar-refractivity contribution in [1.29, 1.82) is 0 Å². The number of carbonyl (C=O) groups excluding carboxylic acids is 1. The Kier molecular flexibility index (Phi) is 6.93. The Morgan fingerprint density at radius 1 is 1.15 bits per heavy atom. The number of hydrogen-bond acceptors (Lipinski definition) is 5. The van der Waals surface area contributed by atoms with Crippen LogP contribution in [-0.4, -0.2) is 25.3 Å². The van der Waals surface area contributed by atoms with Crippen LogP contribution in [0.3, 0.4) is 0 Å². The lowest BCUT2D eigenvalue weighted by molar-refractivity contribution is -0.116. The van der Waals surface area contributed by atoms with Crippen molar-refractivity contribution in [1.82, 2.24) is 0 Å². The van der Waals surface area contributed by atoms with Crippen molar-refractivity contribution >= 4 is 13.4 Å². The van der Waals surface area contributed by atoms with Crippen molar-refractivity contribution in [3.05, 3.63) is 29.8 Å². The molecule has 0 saturated carbocycles. The second-order valence-electron chi connectivity index (χ2n) is 4.26. The highest BCUT2D eigenvalue weighted by atomic mass is 31.2. The molecule has 1 rings (SSSR count). The molecule has 0 bridgehead atoms. The van der Waals surface area contributed by atoms with Crippen LogP contribution in [0.4, 0.5) is 0 Å². The number of Topliss-reactive ketones (excluding diaryl/α,β-unsaturated/α-hetero) is 1. The fourth-order valence-corrected chi connectivity index (χ4v) is 2.63. The highest BCUT2D eigenvalue weighted by molar-refractivity contribution is 7.53. The lowest BCUT2D eigenvalue weighted by Crippen LogP contribution is -2.05. The standard InChI is InChI=1S/C14H21O5P/c1-4-18-20(16,5-2)19-11-17-14-8-6-13(7-9-14)10-12(3)15/h6-9H,4-5,10-11H2,1-3H3. The van der Waals surface area contributed by atoms with Gasteiger partial charge in [0.05, 0.1) is 6.61 Å². The third-order valence-corrected chi connectivity index (χ3v) is 4.49. The predicted octanol–water partition coefficient (Wildman–Crippen LogP) is 3.42. The van der Waals surface area contributed by atoms with Gasteiger partial charge in [-0.15, -0.1) is 0 Å². The summed E-state index contributed by atoms with van der Waals surface area (Å²) < 4.78 is 27.6. The number of ether oxygens (including phenoxy) is 1. The summed E-state index contributed by atoms with van der Waals surface area (Å²) in [5, 5.41) is 0. The largest absolute Gasteiger partial charge is 0.467 e. The van der Waals surface area contributed by atoms with E-state index >= 15 is 0 Å². The Morgan fingerprint density at radius 2 is 1.80 bits per heavy atom. The molecule has 20 heavy (non-hydrogen) atoms. The minimum atomic E-state index is -3.04. The lowest BCUT2D eigenvalue weighted by atomic mass is 10.1. The number of hydrogen-bond donors (Lipinski definition) is 0. The van der Waals surface area contributed by atoms with E-state index < -0.39 is 7.60 Å². The second kappa shape index (κ2) is 8.20. The van der Waals surface area contributed by atoms with Crippen molar-refractivity contribution in [2.24, 2.45) is 0 Å². The molecule has 6 heteroatoms. The van der Waals surface area contributed by atoms with E-state index in [-0.39, 0.29) is 12.6 Å². The molecule has 0 radical (unpaired) electrons. The third kappa shape index (κ3) is 5.87. The lowest BCUT2D eigenvalue weighted by Gasteiger charge is -2.16. The van der Waals surface area contributed by atoms with Gasteiger partial charge < -0.3 is 9.26 Å². The first-order valence-electron chi connectivity index (χ1n) is 6.58. The van der Waals surface area contributed by atoms with Crippen molar-refractivity contribution in [3.8, 4) is 5.75 Å². The molecule has 112 valence electrons. The van der Waals surface area contributed by atoms with E-state index in [0.29, 0.717) is 24.9 Å². The van der Waals surface area contributed by atoms with Crippen molar-refractivity contribution in [2.45, 2.75) is 27.2 Å². The fraction of sp³-hybridized carbons (Fsp3) is 0.500. The monoisotopic (exact) mass is 300 g/mol. The number of rotatable bonds is 9. The second-order valence-corrected chi connectivity index (χ2v) is 6.63. The van der Waals surface area contributed by atoms with Gasteiger partial charge in [-0.05, 0) is 31.5 Å². The van der Waals surface area contributed by atoms with Gasteiger partial charge in [0.15, 0.2) is 6.79 Å². The number of ketones is 1. The SMILES string of the molecule is CCOP(=O)(CC)OCOc1ccc(CC(C)=O)cc1. The average Bonchev–Trinajstić information content (AvgIpc) is 2.40. The van der Waals surface area contributed by atoms with Crippen molar-refractivity contribution < 1.29 is 23.1 Å². The topological polar surface area (TPSA) is 61.8 Å². The maximum atomic E-state index is 12.0. The van der Waals surface area contributed by atoms with Gasteiger partial charge in [-0.1, -0.05) is 19.1 Å². The summed E-state index contributed by atoms with van der Waals surface area (Å²) in [6.45, 7) is 5.27. The summed E-state index contributed by atoms with van der Waals surface area (Å²) in [4.78, 5) is 11.0. The normalized spacial score (nSPS) is 13.8. The summed E-state index contributed by atoms with van der Waals surface area (Å²) in [7, 11) is -3.04. The summed E-state index contributed by atoms with van der Waals surface area (Å²) in [6, 6.07) is 7.13. The van der Waals surface area contributed by atoms with E-state index in [1.165, 1.54) is 0 Å². The van der Waals surface area contributed by atoms with Crippen LogP contribution < -0.4 is 4.74 Å². The Morgan fingerprint density at radius 3 is 2.30 bits per heavy atom. The van der Waals surface area contributed by atoms with E-state index in [4.69, 9.17) is 13.8 Å². The summed E-state index contributed by atoms with van der Waals surface area (Å²) >= 11 is 0. The molecule has 0 saturated heterocycles. The van der Waals surface area contributed by atoms with Crippen LogP contribution in [-0.2, 0) is 24.8 Å². The van der Waals surface area contributed by atoms with Crippen LogP contribution in [0.25, 0.3) is 0 Å². The molecule has 0 heterocycles. The summed E-state index contributed by atoms with van der Waals surface area (Å²) in [5.74, 6) is 0.707. The van der Waals surface area contributed by atoms with Crippen LogP contribution in [0.15, 0.2) is 24.3 Å². The van der Waals surface area contributed by atoms with Gasteiger partial charge in [-0.2, -0.15) is 0 Å². The molecule has 1 aromatic rings. The van der Waals surface area contributed by atoms with E-state index in [1.54, 1.807) is 32.9 Å². The molecule has 0 N–H and O–H groups in total. The highest BCUT2D eigenvalue weighted by Gasteiger charge is 2.21. The van der Waals surface area contributed by atoms with Crippen LogP contribution in [0.2, 0.25) is 0 Å². The number of benzene rings is 1. The molecule has 1 unspecified atom stereocenters. The van der Waals surface area contributed by atoms with Crippen LogP contribution in [0.1, 0.15) is 26.3 Å². The van der Waals surface area contributed by atoms with Crippen LogP contribution in [0, 0.1) is 0 Å². The maximum Gasteiger partial charge on any atom is 0.333 e. The van der Waals surface area contributed by atoms with Crippen molar-refractivity contribution in [3.63, 3.8) is 0 Å². The predicted molar refractivity (Wildman–Crippen MR) is 77.2 cm³/mol. The zero-order valence-corrected chi connectivity index (χ0v) is 13.0. The first-order valence-corrected chi connectivity index (χ1v) is 8.31. The third-order valence-electron chi connectivity index (χ3n) is 2.56. The Hall–Kier alpha value is -1.16. The molecule has 1 aromatic carbocycles. The zero-order chi connectivity index (χ0) is 15.0. The molecular weight excluding hydrogens is 279 g/mol. The van der Waals surface area contributed by atoms with Crippen molar-refractivity contribution in [2.75, 3.05) is 19.6 Å². The van der Waals surface area contributed by atoms with Gasteiger partial charge in [-0.3, -0.25) is 13.9 Å². The summed E-state index contributed by atoms with van der Waals surface area (Å²) in [6.07, 6.45) is 0.716. The van der Waals surface area contributed by atoms with Crippen LogP contribution in [0.5, 0.6) is 5.75 Å². The fourth-order valence-electron chi connectivity index (χ4n) is 1.58. The Bertz CT molecular complexity index is 469. The molecule has 1 atom stereocenters. The highest BCUT2D eigenvalue weighted by Crippen LogP contribution is 2.47. The smallest absolute Gasteiger partial charge is 0.333 e. The quantitative estimate of drug-likeness (QED) is 0.516. The zero-order valence-electron chi connectivity index (χ0n) is 12.1. The number of carbonyl (C=O) groups is 1. The molecular formula is C14H21O5P. The van der Waals surface area contributed by atoms with Gasteiger partial charge in [0.25, 0.3) is 0 Å². The minimum absolute atomic E-state index is 0.114. The minimum Gasteiger partial charge on any atom is -0.467 e. The molecule has 0 aliphatic rings. The molecule has 0 aromatic heterocycles. The van der Waals surface area contributed by atoms with E-state index in [2.05, 4.69) is 0 Å². The molecule has 0 spiro atoms. The molecule has 0 amide bonds. The van der Waals surface area contributed by atoms with Gasteiger partial charge in [-0.25, -0.2) is 0 Å². The van der Waals surface area contributed by atoms with Gasteiger partial charge in [0.2, 0.25) is 0 Å². The van der Waals surface area contributed by atoms with E-state index in [9.17, 15) is 9.36 Å².